The standard InChI is InChI=1S/C11H24N.CH4O3S/c1-3-8-12(9-4-2)10-6-5-7-11-12;1-5(2,3)4/h3-11H2,1-2H3;1H3,(H,2,3,4)/q+1;/p-1. The highest BCUT2D eigenvalue weighted by molar-refractivity contribution is 7.84. The van der Waals surface area contributed by atoms with Gasteiger partial charge in [-0.2, -0.15) is 0 Å². The summed E-state index contributed by atoms with van der Waals surface area (Å²) in [5, 5.41) is 0. The van der Waals surface area contributed by atoms with Gasteiger partial charge in [0.1, 0.15) is 0 Å². The van der Waals surface area contributed by atoms with Gasteiger partial charge in [-0.1, -0.05) is 13.8 Å². The summed E-state index contributed by atoms with van der Waals surface area (Å²) < 4.78 is 28.7. The average Bonchev–Trinajstić information content (AvgIpc) is 2.17. The normalized spacial score (nSPS) is 19.3. The highest BCUT2D eigenvalue weighted by Crippen LogP contribution is 2.19. The summed E-state index contributed by atoms with van der Waals surface area (Å²) in [6, 6.07) is 0. The van der Waals surface area contributed by atoms with Gasteiger partial charge in [0.05, 0.1) is 36.3 Å². The van der Waals surface area contributed by atoms with Crippen molar-refractivity contribution in [3.05, 3.63) is 0 Å². The molecule has 0 aliphatic carbocycles. The fourth-order valence-electron chi connectivity index (χ4n) is 2.69. The Bertz CT molecular complexity index is 259. The summed E-state index contributed by atoms with van der Waals surface area (Å²) >= 11 is 0. The van der Waals surface area contributed by atoms with Crippen LogP contribution in [-0.4, -0.2) is 49.9 Å². The Hall–Kier alpha value is -0.130. The molecule has 1 fully saturated rings. The van der Waals surface area contributed by atoms with Crippen molar-refractivity contribution in [2.75, 3.05) is 32.4 Å². The molecule has 0 aromatic rings. The van der Waals surface area contributed by atoms with Crippen LogP contribution in [0.15, 0.2) is 0 Å². The van der Waals surface area contributed by atoms with Crippen LogP contribution in [0.1, 0.15) is 46.0 Å². The third-order valence-corrected chi connectivity index (χ3v) is 3.16. The van der Waals surface area contributed by atoms with Gasteiger partial charge in [-0.3, -0.25) is 0 Å². The Morgan fingerprint density at radius 3 is 1.65 bits per heavy atom. The molecule has 104 valence electrons. The van der Waals surface area contributed by atoms with Crippen molar-refractivity contribution in [1.29, 1.82) is 0 Å². The molecule has 17 heavy (non-hydrogen) atoms. The fraction of sp³-hybridized carbons (Fsp3) is 1.00. The van der Waals surface area contributed by atoms with Gasteiger partial charge < -0.3 is 9.04 Å². The van der Waals surface area contributed by atoms with Gasteiger partial charge >= 0.3 is 0 Å². The molecule has 4 nitrogen and oxygen atoms in total. The van der Waals surface area contributed by atoms with Crippen LogP contribution in [0.3, 0.4) is 0 Å². The van der Waals surface area contributed by atoms with Crippen LogP contribution in [-0.2, 0) is 10.1 Å². The predicted octanol–water partition coefficient (Wildman–Crippen LogP) is 1.97. The second kappa shape index (κ2) is 8.06. The SMILES string of the molecule is CCC[N+]1(CCC)CCCCC1.CS(=O)(=O)[O-]. The van der Waals surface area contributed by atoms with Crippen LogP contribution >= 0.6 is 0 Å². The first kappa shape index (κ1) is 16.9. The van der Waals surface area contributed by atoms with E-state index in [1.807, 2.05) is 0 Å². The second-order valence-corrected chi connectivity index (χ2v) is 6.41. The lowest BCUT2D eigenvalue weighted by Crippen LogP contribution is -2.52. The number of rotatable bonds is 4. The lowest BCUT2D eigenvalue weighted by Gasteiger charge is -2.41. The zero-order valence-electron chi connectivity index (χ0n) is 11.4. The molecule has 0 aromatic heterocycles. The predicted molar refractivity (Wildman–Crippen MR) is 69.8 cm³/mol. The monoisotopic (exact) mass is 265 g/mol. The Morgan fingerprint density at radius 1 is 1.00 bits per heavy atom. The molecule has 5 heteroatoms. The maximum atomic E-state index is 9.08. The summed E-state index contributed by atoms with van der Waals surface area (Å²) in [6.45, 7) is 10.4. The van der Waals surface area contributed by atoms with E-state index in [4.69, 9.17) is 13.0 Å². The number of nitrogens with zero attached hydrogens (tertiary/aromatic N) is 1. The van der Waals surface area contributed by atoms with E-state index in [0.29, 0.717) is 6.26 Å². The highest BCUT2D eigenvalue weighted by atomic mass is 32.2. The number of piperidine rings is 1. The smallest absolute Gasteiger partial charge is 0.0916 e. The van der Waals surface area contributed by atoms with Gasteiger partial charge in [0.25, 0.3) is 0 Å². The van der Waals surface area contributed by atoms with Gasteiger partial charge in [-0.25, -0.2) is 8.42 Å². The van der Waals surface area contributed by atoms with Gasteiger partial charge in [0.2, 0.25) is 0 Å². The minimum atomic E-state index is -3.92. The average molecular weight is 265 g/mol. The molecular formula is C12H27NO3S. The third-order valence-electron chi connectivity index (χ3n) is 3.16. The van der Waals surface area contributed by atoms with E-state index in [1.165, 1.54) is 62.8 Å². The molecule has 0 radical (unpaired) electrons. The minimum absolute atomic E-state index is 0.604. The number of hydrogen-bond donors (Lipinski definition) is 0. The van der Waals surface area contributed by atoms with E-state index in [1.54, 1.807) is 0 Å². The molecule has 0 saturated carbocycles. The molecule has 1 aliphatic heterocycles. The maximum absolute atomic E-state index is 9.08. The van der Waals surface area contributed by atoms with Gasteiger partial charge in [0.15, 0.2) is 0 Å². The first-order valence-electron chi connectivity index (χ1n) is 6.59. The second-order valence-electron chi connectivity index (χ2n) is 5.00. The zero-order chi connectivity index (χ0) is 13.4. The zero-order valence-corrected chi connectivity index (χ0v) is 12.3. The molecule has 0 bridgehead atoms. The summed E-state index contributed by atoms with van der Waals surface area (Å²) in [5.41, 5.74) is 0. The topological polar surface area (TPSA) is 57.2 Å². The molecule has 1 saturated heterocycles. The summed E-state index contributed by atoms with van der Waals surface area (Å²) in [7, 11) is -3.92. The Kier molecular flexibility index (Phi) is 8.00. The van der Waals surface area contributed by atoms with Crippen LogP contribution in [0, 0.1) is 0 Å². The van der Waals surface area contributed by atoms with Crippen LogP contribution < -0.4 is 0 Å². The minimum Gasteiger partial charge on any atom is -0.748 e. The van der Waals surface area contributed by atoms with E-state index in [0.717, 1.165) is 0 Å². The van der Waals surface area contributed by atoms with E-state index in [-0.39, 0.29) is 0 Å². The van der Waals surface area contributed by atoms with Crippen molar-refractivity contribution < 1.29 is 17.5 Å². The Labute approximate surface area is 106 Å². The molecule has 1 aliphatic rings. The molecule has 1 rings (SSSR count). The molecule has 0 spiro atoms. The van der Waals surface area contributed by atoms with Gasteiger partial charge in [0, 0.05) is 6.26 Å². The van der Waals surface area contributed by atoms with Crippen LogP contribution in [0.25, 0.3) is 0 Å². The van der Waals surface area contributed by atoms with Crippen LogP contribution in [0.4, 0.5) is 0 Å². The Balaban J connectivity index is 0.000000437. The fourth-order valence-corrected chi connectivity index (χ4v) is 2.69. The number of hydrogen-bond acceptors (Lipinski definition) is 3. The third kappa shape index (κ3) is 9.56. The van der Waals surface area contributed by atoms with E-state index < -0.39 is 10.1 Å². The Morgan fingerprint density at radius 2 is 1.35 bits per heavy atom. The van der Waals surface area contributed by atoms with E-state index in [2.05, 4.69) is 13.8 Å². The van der Waals surface area contributed by atoms with Crippen molar-refractivity contribution in [1.82, 2.24) is 0 Å². The summed E-state index contributed by atoms with van der Waals surface area (Å²) in [5.74, 6) is 0. The van der Waals surface area contributed by atoms with E-state index in [9.17, 15) is 0 Å². The lowest BCUT2D eigenvalue weighted by molar-refractivity contribution is -0.932. The van der Waals surface area contributed by atoms with Gasteiger partial charge in [-0.05, 0) is 32.1 Å². The lowest BCUT2D eigenvalue weighted by atomic mass is 10.1. The van der Waals surface area contributed by atoms with Gasteiger partial charge in [-0.15, -0.1) is 0 Å². The van der Waals surface area contributed by atoms with Crippen LogP contribution in [0.2, 0.25) is 0 Å². The molecule has 0 amide bonds. The summed E-state index contributed by atoms with van der Waals surface area (Å²) in [6.07, 6.45) is 7.75. The highest BCUT2D eigenvalue weighted by Gasteiger charge is 2.27. The van der Waals surface area contributed by atoms with Crippen LogP contribution in [0.5, 0.6) is 0 Å². The quantitative estimate of drug-likeness (QED) is 0.577. The molecule has 0 aromatic carbocycles. The molecule has 0 N–H and O–H groups in total. The molecule has 0 unspecified atom stereocenters. The largest absolute Gasteiger partial charge is 0.748 e. The molecular weight excluding hydrogens is 238 g/mol. The van der Waals surface area contributed by atoms with Crippen molar-refractivity contribution in [3.8, 4) is 0 Å². The van der Waals surface area contributed by atoms with Crippen molar-refractivity contribution >= 4 is 10.1 Å². The number of likely N-dealkylation sites (tertiary alicyclic amines) is 1. The molecule has 1 heterocycles. The van der Waals surface area contributed by atoms with Crippen molar-refractivity contribution in [2.45, 2.75) is 46.0 Å². The van der Waals surface area contributed by atoms with Crippen molar-refractivity contribution in [2.24, 2.45) is 0 Å². The first-order chi connectivity index (χ1) is 7.83. The maximum Gasteiger partial charge on any atom is 0.0916 e. The molecule has 0 atom stereocenters. The summed E-state index contributed by atoms with van der Waals surface area (Å²) in [4.78, 5) is 0. The number of quaternary nitrogens is 1. The van der Waals surface area contributed by atoms with Crippen molar-refractivity contribution in [3.63, 3.8) is 0 Å². The first-order valence-corrected chi connectivity index (χ1v) is 8.40. The van der Waals surface area contributed by atoms with E-state index >= 15 is 0 Å².